The van der Waals surface area contributed by atoms with Gasteiger partial charge in [-0.15, -0.1) is 0 Å². The Bertz CT molecular complexity index is 248. The second-order valence-electron chi connectivity index (χ2n) is 3.35. The number of ether oxygens (including phenoxy) is 1. The average Bonchev–Trinajstić information content (AvgIpc) is 2.53. The summed E-state index contributed by atoms with van der Waals surface area (Å²) in [4.78, 5) is 23.8. The molecule has 70 valence electrons. The SMILES string of the molecule is O=C1CN(C2CC=CC2)CC(=O)O1. The summed E-state index contributed by atoms with van der Waals surface area (Å²) < 4.78 is 4.44. The van der Waals surface area contributed by atoms with Crippen molar-refractivity contribution >= 4 is 11.9 Å². The maximum atomic E-state index is 10.9. The van der Waals surface area contributed by atoms with Crippen LogP contribution in [-0.2, 0) is 14.3 Å². The van der Waals surface area contributed by atoms with Gasteiger partial charge in [-0.25, -0.2) is 0 Å². The Kier molecular flexibility index (Phi) is 2.14. The molecular weight excluding hydrogens is 170 g/mol. The van der Waals surface area contributed by atoms with Crippen LogP contribution in [0.4, 0.5) is 0 Å². The lowest BCUT2D eigenvalue weighted by atomic mass is 10.2. The van der Waals surface area contributed by atoms with Crippen LogP contribution in [-0.4, -0.2) is 36.0 Å². The second-order valence-corrected chi connectivity index (χ2v) is 3.35. The number of cyclic esters (lactones) is 2. The predicted molar refractivity (Wildman–Crippen MR) is 44.8 cm³/mol. The van der Waals surface area contributed by atoms with Crippen LogP contribution in [0, 0.1) is 0 Å². The molecule has 0 spiro atoms. The van der Waals surface area contributed by atoms with Gasteiger partial charge in [-0.3, -0.25) is 14.5 Å². The van der Waals surface area contributed by atoms with Gasteiger partial charge in [-0.1, -0.05) is 12.2 Å². The Morgan fingerprint density at radius 3 is 2.23 bits per heavy atom. The van der Waals surface area contributed by atoms with Crippen molar-refractivity contribution in [2.45, 2.75) is 18.9 Å². The van der Waals surface area contributed by atoms with Crippen molar-refractivity contribution in [3.63, 3.8) is 0 Å². The van der Waals surface area contributed by atoms with E-state index in [9.17, 15) is 9.59 Å². The molecule has 1 aliphatic carbocycles. The van der Waals surface area contributed by atoms with Crippen LogP contribution in [0.2, 0.25) is 0 Å². The minimum Gasteiger partial charge on any atom is -0.391 e. The number of morpholine rings is 1. The van der Waals surface area contributed by atoms with Crippen molar-refractivity contribution in [1.82, 2.24) is 4.90 Å². The Morgan fingerprint density at radius 1 is 1.15 bits per heavy atom. The Labute approximate surface area is 76.2 Å². The van der Waals surface area contributed by atoms with Crippen LogP contribution >= 0.6 is 0 Å². The molecule has 0 aromatic heterocycles. The lowest BCUT2D eigenvalue weighted by Gasteiger charge is -2.29. The van der Waals surface area contributed by atoms with Crippen LogP contribution in [0.5, 0.6) is 0 Å². The van der Waals surface area contributed by atoms with Crippen LogP contribution in [0.3, 0.4) is 0 Å². The van der Waals surface area contributed by atoms with Crippen molar-refractivity contribution in [3.05, 3.63) is 12.2 Å². The number of nitrogens with zero attached hydrogens (tertiary/aromatic N) is 1. The van der Waals surface area contributed by atoms with Gasteiger partial charge in [0, 0.05) is 6.04 Å². The molecule has 0 aromatic rings. The van der Waals surface area contributed by atoms with Gasteiger partial charge in [-0.05, 0) is 12.8 Å². The van der Waals surface area contributed by atoms with Gasteiger partial charge in [0.25, 0.3) is 0 Å². The number of hydrogen-bond donors (Lipinski definition) is 0. The van der Waals surface area contributed by atoms with Gasteiger partial charge in [0.15, 0.2) is 0 Å². The molecule has 0 N–H and O–H groups in total. The summed E-state index contributed by atoms with van der Waals surface area (Å²) in [6.07, 6.45) is 6.02. The van der Waals surface area contributed by atoms with Crippen LogP contribution in [0.1, 0.15) is 12.8 Å². The third-order valence-corrected chi connectivity index (χ3v) is 2.39. The van der Waals surface area contributed by atoms with Gasteiger partial charge < -0.3 is 4.74 Å². The normalized spacial score (nSPS) is 25.2. The molecule has 4 heteroatoms. The minimum absolute atomic E-state index is 0.248. The Balaban J connectivity index is 1.98. The highest BCUT2D eigenvalue weighted by Crippen LogP contribution is 2.18. The molecule has 1 saturated heterocycles. The predicted octanol–water partition coefficient (Wildman–Crippen LogP) is 0.0904. The standard InChI is InChI=1S/C9H11NO3/c11-8-5-10(6-9(12)13-8)7-3-1-2-4-7/h1-2,7H,3-6H2. The lowest BCUT2D eigenvalue weighted by Crippen LogP contribution is -2.47. The summed E-state index contributed by atoms with van der Waals surface area (Å²) in [6, 6.07) is 0.316. The number of rotatable bonds is 1. The molecule has 0 aromatic carbocycles. The third kappa shape index (κ3) is 1.78. The van der Waals surface area contributed by atoms with Crippen molar-refractivity contribution in [1.29, 1.82) is 0 Å². The summed E-state index contributed by atoms with van der Waals surface area (Å²) in [5.74, 6) is -0.855. The number of hydrogen-bond acceptors (Lipinski definition) is 4. The largest absolute Gasteiger partial charge is 0.391 e. The van der Waals surface area contributed by atoms with E-state index in [4.69, 9.17) is 0 Å². The topological polar surface area (TPSA) is 46.6 Å². The first kappa shape index (κ1) is 8.44. The molecule has 1 heterocycles. The van der Waals surface area contributed by atoms with Gasteiger partial charge in [0.2, 0.25) is 0 Å². The van der Waals surface area contributed by atoms with Crippen molar-refractivity contribution in [2.24, 2.45) is 0 Å². The molecule has 0 unspecified atom stereocenters. The van der Waals surface area contributed by atoms with Gasteiger partial charge in [0.05, 0.1) is 13.1 Å². The molecule has 0 atom stereocenters. The highest BCUT2D eigenvalue weighted by Gasteiger charge is 2.30. The van der Waals surface area contributed by atoms with E-state index in [1.165, 1.54) is 0 Å². The van der Waals surface area contributed by atoms with Crippen LogP contribution in [0.25, 0.3) is 0 Å². The molecule has 0 amide bonds. The first-order valence-electron chi connectivity index (χ1n) is 4.38. The highest BCUT2D eigenvalue weighted by atomic mass is 16.6. The highest BCUT2D eigenvalue weighted by molar-refractivity contribution is 5.90. The smallest absolute Gasteiger partial charge is 0.327 e. The van der Waals surface area contributed by atoms with Gasteiger partial charge in [0.1, 0.15) is 0 Å². The first-order valence-corrected chi connectivity index (χ1v) is 4.38. The Morgan fingerprint density at radius 2 is 1.69 bits per heavy atom. The number of carbonyl (C=O) groups excluding carboxylic acids is 2. The molecule has 2 rings (SSSR count). The second kappa shape index (κ2) is 3.30. The molecule has 2 aliphatic rings. The maximum absolute atomic E-state index is 10.9. The summed E-state index contributed by atoms with van der Waals surface area (Å²) in [5, 5.41) is 0. The first-order chi connectivity index (χ1) is 6.25. The zero-order chi connectivity index (χ0) is 9.26. The number of esters is 2. The summed E-state index contributed by atoms with van der Waals surface area (Å²) in [6.45, 7) is 0.496. The summed E-state index contributed by atoms with van der Waals surface area (Å²) in [5.41, 5.74) is 0. The number of carbonyl (C=O) groups is 2. The summed E-state index contributed by atoms with van der Waals surface area (Å²) in [7, 11) is 0. The zero-order valence-electron chi connectivity index (χ0n) is 7.23. The molecule has 0 bridgehead atoms. The van der Waals surface area contributed by atoms with E-state index in [1.54, 1.807) is 0 Å². The molecular formula is C9H11NO3. The van der Waals surface area contributed by atoms with Crippen molar-refractivity contribution < 1.29 is 14.3 Å². The van der Waals surface area contributed by atoms with E-state index in [2.05, 4.69) is 16.9 Å². The van der Waals surface area contributed by atoms with Crippen LogP contribution in [0.15, 0.2) is 12.2 Å². The average molecular weight is 181 g/mol. The fraction of sp³-hybridized carbons (Fsp3) is 0.556. The maximum Gasteiger partial charge on any atom is 0.327 e. The van der Waals surface area contributed by atoms with Gasteiger partial charge >= 0.3 is 11.9 Å². The van der Waals surface area contributed by atoms with Crippen LogP contribution < -0.4 is 0 Å². The van der Waals surface area contributed by atoms with Crippen molar-refractivity contribution in [3.8, 4) is 0 Å². The molecule has 0 saturated carbocycles. The fourth-order valence-corrected chi connectivity index (χ4v) is 1.74. The minimum atomic E-state index is -0.428. The fourth-order valence-electron chi connectivity index (χ4n) is 1.74. The third-order valence-electron chi connectivity index (χ3n) is 2.39. The van der Waals surface area contributed by atoms with E-state index in [1.807, 2.05) is 4.90 Å². The van der Waals surface area contributed by atoms with E-state index < -0.39 is 11.9 Å². The molecule has 0 radical (unpaired) electrons. The molecule has 1 aliphatic heterocycles. The van der Waals surface area contributed by atoms with Gasteiger partial charge in [-0.2, -0.15) is 0 Å². The monoisotopic (exact) mass is 181 g/mol. The van der Waals surface area contributed by atoms with E-state index in [0.717, 1.165) is 12.8 Å². The Hall–Kier alpha value is -1.16. The van der Waals surface area contributed by atoms with E-state index >= 15 is 0 Å². The van der Waals surface area contributed by atoms with Crippen molar-refractivity contribution in [2.75, 3.05) is 13.1 Å². The quantitative estimate of drug-likeness (QED) is 0.327. The van der Waals surface area contributed by atoms with E-state index in [-0.39, 0.29) is 13.1 Å². The van der Waals surface area contributed by atoms with E-state index in [0.29, 0.717) is 6.04 Å². The summed E-state index contributed by atoms with van der Waals surface area (Å²) >= 11 is 0. The molecule has 13 heavy (non-hydrogen) atoms. The molecule has 4 nitrogen and oxygen atoms in total. The molecule has 1 fully saturated rings. The zero-order valence-corrected chi connectivity index (χ0v) is 7.23. The lowest BCUT2D eigenvalue weighted by molar-refractivity contribution is -0.167.